The van der Waals surface area contributed by atoms with E-state index in [1.165, 1.54) is 0 Å². The lowest BCUT2D eigenvalue weighted by atomic mass is 10.1. The molecular weight excluding hydrogens is 354 g/mol. The monoisotopic (exact) mass is 369 g/mol. The summed E-state index contributed by atoms with van der Waals surface area (Å²) in [4.78, 5) is 55.1. The Bertz CT molecular complexity index is 715. The highest BCUT2D eigenvalue weighted by molar-refractivity contribution is 5.98. The molecule has 1 amide bonds. The molecule has 12 heteroatoms. The van der Waals surface area contributed by atoms with E-state index in [1.807, 2.05) is 0 Å². The van der Waals surface area contributed by atoms with Gasteiger partial charge in [0.25, 0.3) is 17.3 Å². The van der Waals surface area contributed by atoms with Crippen LogP contribution in [-0.4, -0.2) is 48.0 Å². The molecule has 0 bridgehead atoms. The van der Waals surface area contributed by atoms with Crippen LogP contribution in [0.15, 0.2) is 18.2 Å². The number of methoxy groups -OCH3 is 2. The smallest absolute Gasteiger partial charge is 0.328 e. The van der Waals surface area contributed by atoms with Gasteiger partial charge in [0.05, 0.1) is 35.7 Å². The van der Waals surface area contributed by atoms with Crippen molar-refractivity contribution in [3.8, 4) is 0 Å². The molecule has 0 aliphatic rings. The van der Waals surface area contributed by atoms with Crippen LogP contribution in [0.5, 0.6) is 0 Å². The van der Waals surface area contributed by atoms with Crippen LogP contribution < -0.4 is 5.32 Å². The first-order valence-corrected chi connectivity index (χ1v) is 7.09. The second kappa shape index (κ2) is 9.05. The van der Waals surface area contributed by atoms with E-state index in [-0.39, 0.29) is 12.8 Å². The van der Waals surface area contributed by atoms with Crippen molar-refractivity contribution in [3.63, 3.8) is 0 Å². The van der Waals surface area contributed by atoms with Gasteiger partial charge in [0.2, 0.25) is 0 Å². The van der Waals surface area contributed by atoms with E-state index < -0.39 is 50.7 Å². The van der Waals surface area contributed by atoms with Crippen LogP contribution >= 0.6 is 0 Å². The van der Waals surface area contributed by atoms with Crippen LogP contribution in [0.1, 0.15) is 23.2 Å². The first-order chi connectivity index (χ1) is 12.2. The molecule has 0 unspecified atom stereocenters. The molecule has 1 rings (SSSR count). The van der Waals surface area contributed by atoms with Crippen LogP contribution in [0.3, 0.4) is 0 Å². The normalized spacial score (nSPS) is 11.2. The number of hydrogen-bond donors (Lipinski definition) is 1. The zero-order valence-corrected chi connectivity index (χ0v) is 13.8. The Morgan fingerprint density at radius 1 is 1.04 bits per heavy atom. The lowest BCUT2D eigenvalue weighted by Crippen LogP contribution is -2.41. The van der Waals surface area contributed by atoms with Crippen LogP contribution in [-0.2, 0) is 19.1 Å². The molecule has 0 heterocycles. The highest BCUT2D eigenvalue weighted by atomic mass is 16.6. The highest BCUT2D eigenvalue weighted by Gasteiger charge is 2.26. The molecule has 0 aliphatic heterocycles. The quantitative estimate of drug-likeness (QED) is 0.394. The largest absolute Gasteiger partial charge is 0.469 e. The van der Waals surface area contributed by atoms with Crippen molar-refractivity contribution in [1.82, 2.24) is 5.32 Å². The lowest BCUT2D eigenvalue weighted by Gasteiger charge is -2.16. The Kier molecular flexibility index (Phi) is 7.13. The van der Waals surface area contributed by atoms with E-state index in [1.54, 1.807) is 0 Å². The van der Waals surface area contributed by atoms with Gasteiger partial charge in [-0.1, -0.05) is 0 Å². The van der Waals surface area contributed by atoms with Gasteiger partial charge < -0.3 is 14.8 Å². The van der Waals surface area contributed by atoms with Crippen LogP contribution in [0.2, 0.25) is 0 Å². The van der Waals surface area contributed by atoms with Gasteiger partial charge in [0, 0.05) is 18.6 Å². The van der Waals surface area contributed by atoms with Gasteiger partial charge in [-0.2, -0.15) is 0 Å². The minimum Gasteiger partial charge on any atom is -0.469 e. The van der Waals surface area contributed by atoms with Crippen molar-refractivity contribution in [2.24, 2.45) is 0 Å². The summed E-state index contributed by atoms with van der Waals surface area (Å²) in [5.74, 6) is -2.46. The van der Waals surface area contributed by atoms with Gasteiger partial charge in [0.1, 0.15) is 6.04 Å². The summed E-state index contributed by atoms with van der Waals surface area (Å²) in [6.07, 6.45) is -0.353. The summed E-state index contributed by atoms with van der Waals surface area (Å²) in [5, 5.41) is 24.0. The van der Waals surface area contributed by atoms with Crippen molar-refractivity contribution in [2.45, 2.75) is 18.9 Å². The fraction of sp³-hybridized carbons (Fsp3) is 0.357. The molecule has 0 saturated carbocycles. The summed E-state index contributed by atoms with van der Waals surface area (Å²) in [6.45, 7) is 0. The third kappa shape index (κ3) is 5.51. The van der Waals surface area contributed by atoms with Gasteiger partial charge in [-0.15, -0.1) is 0 Å². The molecule has 0 spiro atoms. The number of ether oxygens (including phenoxy) is 2. The Morgan fingerprint density at radius 3 is 2.00 bits per heavy atom. The van der Waals surface area contributed by atoms with Crippen LogP contribution in [0.4, 0.5) is 11.4 Å². The van der Waals surface area contributed by atoms with Gasteiger partial charge >= 0.3 is 11.9 Å². The maximum absolute atomic E-state index is 12.3. The van der Waals surface area contributed by atoms with Crippen molar-refractivity contribution in [2.75, 3.05) is 14.2 Å². The number of nitro benzene ring substituents is 2. The van der Waals surface area contributed by atoms with E-state index in [0.717, 1.165) is 26.4 Å². The standard InChI is InChI=1S/C14H15N3O9/c1-25-12(18)4-3-11(14(20)26-2)15-13(19)8-5-9(16(21)22)7-10(6-8)17(23)24/h5-7,11H,3-4H2,1-2H3,(H,15,19)/t11-/m1/s1. The van der Waals surface area contributed by atoms with Gasteiger partial charge in [0.15, 0.2) is 0 Å². The van der Waals surface area contributed by atoms with Gasteiger partial charge in [-0.05, 0) is 6.42 Å². The third-order valence-corrected chi connectivity index (χ3v) is 3.24. The lowest BCUT2D eigenvalue weighted by molar-refractivity contribution is -0.394. The van der Waals surface area contributed by atoms with Crippen molar-refractivity contribution >= 4 is 29.2 Å². The van der Waals surface area contributed by atoms with Crippen molar-refractivity contribution in [1.29, 1.82) is 0 Å². The predicted molar refractivity (Wildman–Crippen MR) is 84.3 cm³/mol. The SMILES string of the molecule is COC(=O)CC[C@@H](NC(=O)c1cc([N+](=O)[O-])cc([N+](=O)[O-])c1)C(=O)OC. The summed E-state index contributed by atoms with van der Waals surface area (Å²) < 4.78 is 8.95. The summed E-state index contributed by atoms with van der Waals surface area (Å²) in [6, 6.07) is 1.12. The maximum Gasteiger partial charge on any atom is 0.328 e. The summed E-state index contributed by atoms with van der Waals surface area (Å²) >= 11 is 0. The molecule has 0 aliphatic carbocycles. The number of rotatable bonds is 8. The molecule has 1 atom stereocenters. The molecule has 0 aromatic heterocycles. The molecule has 0 fully saturated rings. The number of nitro groups is 2. The number of benzene rings is 1. The average Bonchev–Trinajstić information content (AvgIpc) is 2.63. The number of amides is 1. The number of hydrogen-bond acceptors (Lipinski definition) is 9. The molecule has 1 N–H and O–H groups in total. The molecule has 1 aromatic rings. The Balaban J connectivity index is 3.07. The summed E-state index contributed by atoms with van der Waals surface area (Å²) in [5.41, 5.74) is -1.71. The second-order valence-corrected chi connectivity index (χ2v) is 4.92. The predicted octanol–water partition coefficient (Wildman–Crippen LogP) is 0.728. The van der Waals surface area contributed by atoms with Crippen molar-refractivity contribution in [3.05, 3.63) is 44.0 Å². The molecule has 1 aromatic carbocycles. The first kappa shape index (κ1) is 20.5. The molecule has 0 saturated heterocycles. The fourth-order valence-corrected chi connectivity index (χ4v) is 1.93. The van der Waals surface area contributed by atoms with Gasteiger partial charge in [-0.3, -0.25) is 29.8 Å². The highest BCUT2D eigenvalue weighted by Crippen LogP contribution is 2.22. The van der Waals surface area contributed by atoms with Crippen molar-refractivity contribution < 1.29 is 33.7 Å². The molecule has 0 radical (unpaired) electrons. The zero-order valence-electron chi connectivity index (χ0n) is 13.8. The number of nitrogens with zero attached hydrogens (tertiary/aromatic N) is 2. The number of carbonyl (C=O) groups excluding carboxylic acids is 3. The molecule has 12 nitrogen and oxygen atoms in total. The Hall–Kier alpha value is -3.57. The second-order valence-electron chi connectivity index (χ2n) is 4.92. The number of esters is 2. The number of nitrogens with one attached hydrogen (secondary N) is 1. The van der Waals surface area contributed by atoms with Crippen LogP contribution in [0.25, 0.3) is 0 Å². The fourth-order valence-electron chi connectivity index (χ4n) is 1.93. The minimum absolute atomic E-state index is 0.151. The number of carbonyl (C=O) groups is 3. The number of non-ortho nitro benzene ring substituents is 2. The minimum atomic E-state index is -1.25. The Morgan fingerprint density at radius 2 is 1.58 bits per heavy atom. The topological polar surface area (TPSA) is 168 Å². The first-order valence-electron chi connectivity index (χ1n) is 7.09. The average molecular weight is 369 g/mol. The van der Waals surface area contributed by atoms with E-state index in [2.05, 4.69) is 14.8 Å². The van der Waals surface area contributed by atoms with E-state index in [0.29, 0.717) is 6.07 Å². The Labute approximate surface area is 146 Å². The van der Waals surface area contributed by atoms with E-state index in [9.17, 15) is 34.6 Å². The van der Waals surface area contributed by atoms with E-state index >= 15 is 0 Å². The van der Waals surface area contributed by atoms with E-state index in [4.69, 9.17) is 0 Å². The van der Waals surface area contributed by atoms with Gasteiger partial charge in [-0.25, -0.2) is 4.79 Å². The third-order valence-electron chi connectivity index (χ3n) is 3.24. The van der Waals surface area contributed by atoms with Crippen LogP contribution in [0, 0.1) is 20.2 Å². The summed E-state index contributed by atoms with van der Waals surface area (Å²) in [7, 11) is 2.22. The zero-order chi connectivity index (χ0) is 19.9. The maximum atomic E-state index is 12.3. The molecule has 140 valence electrons. The molecule has 26 heavy (non-hydrogen) atoms. The molecular formula is C14H15N3O9.